The summed E-state index contributed by atoms with van der Waals surface area (Å²) in [4.78, 5) is 59.9. The van der Waals surface area contributed by atoms with E-state index in [0.717, 1.165) is 6.08 Å². The van der Waals surface area contributed by atoms with Crippen molar-refractivity contribution in [1.29, 1.82) is 0 Å². The lowest BCUT2D eigenvalue weighted by Gasteiger charge is -2.35. The van der Waals surface area contributed by atoms with E-state index in [-0.39, 0.29) is 31.3 Å². The molecule has 270 valence electrons. The summed E-state index contributed by atoms with van der Waals surface area (Å²) in [6.07, 6.45) is 3.17. The zero-order chi connectivity index (χ0) is 36.6. The van der Waals surface area contributed by atoms with Crippen LogP contribution in [0.3, 0.4) is 0 Å². The molecule has 2 aromatic rings. The third kappa shape index (κ3) is 8.29. The van der Waals surface area contributed by atoms with E-state index in [4.69, 9.17) is 18.9 Å². The largest absolute Gasteiger partial charge is 0.472 e. The van der Waals surface area contributed by atoms with Crippen molar-refractivity contribution in [2.24, 2.45) is 5.41 Å². The van der Waals surface area contributed by atoms with Crippen molar-refractivity contribution < 1.29 is 46.5 Å². The second kappa shape index (κ2) is 13.8. The molecule has 15 nitrogen and oxygen atoms in total. The Kier molecular flexibility index (Phi) is 10.1. The fourth-order valence-corrected chi connectivity index (χ4v) is 6.91. The molecule has 2 aliphatic heterocycles. The average molecular weight is 714 g/mol. The maximum absolute atomic E-state index is 14.3. The standard InChI is InChI=1S/C34H43N5O10S/c1-8-9-23(28(40)38-50(44,45)20-10-11-20)36-29(41)24-16-19(48-30-22-12-13-25-26(47-18-46-25)21(22)14-15-35-30)17-39(24)31(42)27(33(2,3)4)37-32(43)49-34(5,6)7/h8-9,12-15,19-20,24,27H,1,10-11,16-18H2,2-7H3,(H,36,41)(H,37,43)(H,38,40)/b23-9+/t19-,24+,27-/m1/s1. The van der Waals surface area contributed by atoms with Gasteiger partial charge in [-0.1, -0.05) is 33.4 Å². The zero-order valence-electron chi connectivity index (χ0n) is 28.9. The average Bonchev–Trinajstić information content (AvgIpc) is 3.63. The van der Waals surface area contributed by atoms with E-state index in [9.17, 15) is 27.6 Å². The van der Waals surface area contributed by atoms with E-state index in [2.05, 4.69) is 22.2 Å². The van der Waals surface area contributed by atoms with E-state index < -0.39 is 68.3 Å². The third-order valence-corrected chi connectivity index (χ3v) is 9.95. The first-order valence-corrected chi connectivity index (χ1v) is 17.8. The van der Waals surface area contributed by atoms with Crippen LogP contribution in [0.4, 0.5) is 4.79 Å². The Morgan fingerprint density at radius 1 is 1.06 bits per heavy atom. The molecule has 4 amide bonds. The number of pyridine rings is 1. The summed E-state index contributed by atoms with van der Waals surface area (Å²) < 4.78 is 49.8. The number of carbonyl (C=O) groups excluding carboxylic acids is 4. The molecule has 5 rings (SSSR count). The van der Waals surface area contributed by atoms with Gasteiger partial charge in [-0.25, -0.2) is 22.9 Å². The van der Waals surface area contributed by atoms with E-state index in [1.165, 1.54) is 11.0 Å². The number of ether oxygens (including phenoxy) is 4. The summed E-state index contributed by atoms with van der Waals surface area (Å²) >= 11 is 0. The van der Waals surface area contributed by atoms with Crippen molar-refractivity contribution >= 4 is 44.6 Å². The van der Waals surface area contributed by atoms with E-state index in [0.29, 0.717) is 35.1 Å². The lowest BCUT2D eigenvalue weighted by atomic mass is 9.85. The van der Waals surface area contributed by atoms with Gasteiger partial charge in [0.1, 0.15) is 29.5 Å². The lowest BCUT2D eigenvalue weighted by Crippen LogP contribution is -2.58. The molecule has 1 saturated heterocycles. The Bertz CT molecular complexity index is 1840. The molecule has 0 radical (unpaired) electrons. The van der Waals surface area contributed by atoms with Crippen molar-refractivity contribution in [1.82, 2.24) is 25.2 Å². The molecule has 1 aliphatic carbocycles. The highest BCUT2D eigenvalue weighted by molar-refractivity contribution is 7.91. The number of carbonyl (C=O) groups is 4. The SMILES string of the molecule is C=C/C=C(/NC(=O)[C@@H]1C[C@@H](Oc2nccc3c4c(ccc23)OCO4)CN1C(=O)[C@@H](NC(=O)OC(C)(C)C)C(C)(C)C)C(=O)NS(=O)(=O)C1CC1. The van der Waals surface area contributed by atoms with Crippen LogP contribution in [0.25, 0.3) is 10.8 Å². The fraction of sp³-hybridized carbons (Fsp3) is 0.500. The normalized spacial score (nSPS) is 19.8. The second-order valence-corrected chi connectivity index (χ2v) is 16.4. The number of nitrogens with one attached hydrogen (secondary N) is 3. The van der Waals surface area contributed by atoms with Crippen LogP contribution in [0.2, 0.25) is 0 Å². The van der Waals surface area contributed by atoms with Gasteiger partial charge in [0.15, 0.2) is 11.5 Å². The number of fused-ring (bicyclic) bond motifs is 3. The molecule has 0 spiro atoms. The topological polar surface area (TPSA) is 192 Å². The number of amides is 4. The molecule has 16 heteroatoms. The lowest BCUT2D eigenvalue weighted by molar-refractivity contribution is -0.142. The van der Waals surface area contributed by atoms with Gasteiger partial charge >= 0.3 is 6.09 Å². The van der Waals surface area contributed by atoms with E-state index >= 15 is 0 Å². The van der Waals surface area contributed by atoms with Gasteiger partial charge in [0.05, 0.1) is 11.8 Å². The van der Waals surface area contributed by atoms with Crippen LogP contribution in [0, 0.1) is 5.41 Å². The van der Waals surface area contributed by atoms with Crippen LogP contribution < -0.4 is 29.6 Å². The molecule has 50 heavy (non-hydrogen) atoms. The molecule has 1 aromatic carbocycles. The molecule has 2 fully saturated rings. The maximum Gasteiger partial charge on any atom is 0.408 e. The number of benzene rings is 1. The van der Waals surface area contributed by atoms with E-state index in [1.807, 2.05) is 4.72 Å². The quantitative estimate of drug-likeness (QED) is 0.242. The van der Waals surface area contributed by atoms with Gasteiger partial charge in [0.25, 0.3) is 5.91 Å². The van der Waals surface area contributed by atoms with Gasteiger partial charge in [0, 0.05) is 23.4 Å². The molecule has 3 atom stereocenters. The molecular weight excluding hydrogens is 670 g/mol. The van der Waals surface area contributed by atoms with Crippen LogP contribution in [0.1, 0.15) is 60.8 Å². The predicted octanol–water partition coefficient (Wildman–Crippen LogP) is 3.05. The first-order valence-electron chi connectivity index (χ1n) is 16.2. The monoisotopic (exact) mass is 713 g/mol. The highest BCUT2D eigenvalue weighted by Crippen LogP contribution is 2.41. The van der Waals surface area contributed by atoms with Crippen molar-refractivity contribution in [2.45, 2.75) is 89.8 Å². The minimum atomic E-state index is -3.93. The molecule has 0 bridgehead atoms. The van der Waals surface area contributed by atoms with Gasteiger partial charge in [-0.15, -0.1) is 0 Å². The van der Waals surface area contributed by atoms with Crippen LogP contribution in [-0.2, 0) is 29.1 Å². The third-order valence-electron chi connectivity index (χ3n) is 8.13. The number of hydrogen-bond acceptors (Lipinski definition) is 11. The zero-order valence-corrected chi connectivity index (χ0v) is 29.7. The fourth-order valence-electron chi connectivity index (χ4n) is 5.62. The molecule has 3 aliphatic rings. The molecule has 3 N–H and O–H groups in total. The summed E-state index contributed by atoms with van der Waals surface area (Å²) in [5.41, 5.74) is -2.05. The first-order chi connectivity index (χ1) is 23.4. The summed E-state index contributed by atoms with van der Waals surface area (Å²) in [6.45, 7) is 13.9. The van der Waals surface area contributed by atoms with Crippen LogP contribution >= 0.6 is 0 Å². The van der Waals surface area contributed by atoms with Crippen molar-refractivity contribution in [3.8, 4) is 17.4 Å². The highest BCUT2D eigenvalue weighted by Gasteiger charge is 2.47. The predicted molar refractivity (Wildman–Crippen MR) is 182 cm³/mol. The van der Waals surface area contributed by atoms with Crippen LogP contribution in [0.15, 0.2) is 48.8 Å². The van der Waals surface area contributed by atoms with Gasteiger partial charge < -0.3 is 34.5 Å². The highest BCUT2D eigenvalue weighted by atomic mass is 32.2. The molecule has 0 unspecified atom stereocenters. The Balaban J connectivity index is 1.44. The Hall–Kier alpha value is -4.86. The van der Waals surface area contributed by atoms with Crippen LogP contribution in [0.5, 0.6) is 17.4 Å². The number of hydrogen-bond donors (Lipinski definition) is 3. The summed E-state index contributed by atoms with van der Waals surface area (Å²) in [5.74, 6) is -1.08. The van der Waals surface area contributed by atoms with Gasteiger partial charge in [-0.05, 0) is 63.3 Å². The van der Waals surface area contributed by atoms with E-state index in [1.54, 1.807) is 65.9 Å². The van der Waals surface area contributed by atoms with Crippen molar-refractivity contribution in [3.63, 3.8) is 0 Å². The number of sulfonamides is 1. The van der Waals surface area contributed by atoms with Crippen molar-refractivity contribution in [2.75, 3.05) is 13.3 Å². The summed E-state index contributed by atoms with van der Waals surface area (Å²) in [6, 6.07) is 2.91. The molecule has 1 aromatic heterocycles. The van der Waals surface area contributed by atoms with Crippen molar-refractivity contribution in [3.05, 3.63) is 48.8 Å². The molecule has 3 heterocycles. The first kappa shape index (κ1) is 36.4. The minimum absolute atomic E-state index is 0.0349. The Morgan fingerprint density at radius 2 is 1.78 bits per heavy atom. The number of aromatic nitrogens is 1. The number of alkyl carbamates (subject to hydrolysis) is 1. The second-order valence-electron chi connectivity index (χ2n) is 14.4. The number of nitrogens with zero attached hydrogens (tertiary/aromatic N) is 2. The maximum atomic E-state index is 14.3. The smallest absolute Gasteiger partial charge is 0.408 e. The Morgan fingerprint density at radius 3 is 2.42 bits per heavy atom. The van der Waals surface area contributed by atoms with Gasteiger partial charge in [-0.2, -0.15) is 0 Å². The summed E-state index contributed by atoms with van der Waals surface area (Å²) in [5, 5.41) is 5.79. The minimum Gasteiger partial charge on any atom is -0.472 e. The van der Waals surface area contributed by atoms with Crippen LogP contribution in [-0.4, -0.2) is 84.5 Å². The molecule has 1 saturated carbocycles. The number of likely N-dealkylation sites (tertiary alicyclic amines) is 1. The number of allylic oxidation sites excluding steroid dienone is 2. The van der Waals surface area contributed by atoms with Gasteiger partial charge in [0.2, 0.25) is 34.5 Å². The number of rotatable bonds is 10. The Labute approximate surface area is 290 Å². The van der Waals surface area contributed by atoms with Gasteiger partial charge in [-0.3, -0.25) is 14.4 Å². The summed E-state index contributed by atoms with van der Waals surface area (Å²) in [7, 11) is -3.93. The molecular formula is C34H43N5O10S.